The molecule has 4 rings (SSSR count). The maximum Gasteiger partial charge on any atom is 0.274 e. The van der Waals surface area contributed by atoms with Gasteiger partial charge in [-0.25, -0.2) is 9.67 Å². The average molecular weight is 334 g/mol. The quantitative estimate of drug-likeness (QED) is 0.584. The Morgan fingerprint density at radius 1 is 1.16 bits per heavy atom. The molecular formula is C17H14N6O2. The first-order valence-corrected chi connectivity index (χ1v) is 7.67. The molecule has 0 aliphatic carbocycles. The second kappa shape index (κ2) is 5.82. The van der Waals surface area contributed by atoms with Gasteiger partial charge in [0.15, 0.2) is 11.3 Å². The first kappa shape index (κ1) is 15.0. The number of hydrogen-bond acceptors (Lipinski definition) is 5. The molecule has 2 N–H and O–H groups in total. The highest BCUT2D eigenvalue weighted by Crippen LogP contribution is 2.15. The molecule has 0 bridgehead atoms. The van der Waals surface area contributed by atoms with Gasteiger partial charge in [-0.1, -0.05) is 18.2 Å². The molecule has 0 unspecified atom stereocenters. The predicted molar refractivity (Wildman–Crippen MR) is 92.0 cm³/mol. The summed E-state index contributed by atoms with van der Waals surface area (Å²) in [5.74, 6) is -0.363. The Labute approximate surface area is 141 Å². The second-order valence-corrected chi connectivity index (χ2v) is 5.58. The van der Waals surface area contributed by atoms with Crippen LogP contribution in [0.4, 0.5) is 0 Å². The summed E-state index contributed by atoms with van der Waals surface area (Å²) < 4.78 is 1.17. The Bertz CT molecular complexity index is 1160. The molecule has 0 saturated heterocycles. The number of hydrogen-bond donors (Lipinski definition) is 2. The van der Waals surface area contributed by atoms with E-state index in [1.165, 1.54) is 11.7 Å². The van der Waals surface area contributed by atoms with Crippen LogP contribution in [-0.4, -0.2) is 30.9 Å². The van der Waals surface area contributed by atoms with Gasteiger partial charge in [0, 0.05) is 24.0 Å². The Hall–Kier alpha value is -3.55. The first-order chi connectivity index (χ1) is 12.1. The van der Waals surface area contributed by atoms with Gasteiger partial charge in [0.1, 0.15) is 0 Å². The molecule has 0 radical (unpaired) electrons. The van der Waals surface area contributed by atoms with Crippen LogP contribution in [-0.2, 0) is 13.6 Å². The van der Waals surface area contributed by atoms with Crippen molar-refractivity contribution in [3.05, 3.63) is 64.3 Å². The minimum absolute atomic E-state index is 0.208. The van der Waals surface area contributed by atoms with Crippen molar-refractivity contribution in [2.75, 3.05) is 0 Å². The van der Waals surface area contributed by atoms with Crippen LogP contribution in [0.1, 0.15) is 16.2 Å². The number of H-pyrrole nitrogens is 1. The van der Waals surface area contributed by atoms with Crippen molar-refractivity contribution in [3.63, 3.8) is 0 Å². The van der Waals surface area contributed by atoms with Crippen LogP contribution >= 0.6 is 0 Å². The molecular weight excluding hydrogens is 320 g/mol. The zero-order valence-electron chi connectivity index (χ0n) is 13.4. The summed E-state index contributed by atoms with van der Waals surface area (Å²) in [7, 11) is 1.53. The van der Waals surface area contributed by atoms with Crippen LogP contribution in [0.25, 0.3) is 21.8 Å². The largest absolute Gasteiger partial charge is 0.345 e. The minimum Gasteiger partial charge on any atom is -0.345 e. The van der Waals surface area contributed by atoms with E-state index in [2.05, 4.69) is 25.6 Å². The van der Waals surface area contributed by atoms with Crippen LogP contribution in [0.5, 0.6) is 0 Å². The van der Waals surface area contributed by atoms with Gasteiger partial charge in [0.25, 0.3) is 11.5 Å². The molecule has 25 heavy (non-hydrogen) atoms. The van der Waals surface area contributed by atoms with Crippen LogP contribution in [0.3, 0.4) is 0 Å². The van der Waals surface area contributed by atoms with Crippen molar-refractivity contribution >= 4 is 27.7 Å². The fourth-order valence-electron chi connectivity index (χ4n) is 2.76. The lowest BCUT2D eigenvalue weighted by molar-refractivity contribution is 0.0945. The number of amides is 1. The van der Waals surface area contributed by atoms with Gasteiger partial charge in [0.05, 0.1) is 17.6 Å². The van der Waals surface area contributed by atoms with Gasteiger partial charge >= 0.3 is 0 Å². The number of nitrogens with zero attached hydrogens (tertiary/aromatic N) is 4. The van der Waals surface area contributed by atoms with Crippen LogP contribution in [0.2, 0.25) is 0 Å². The number of fused-ring (bicyclic) bond motifs is 2. The number of nitrogens with one attached hydrogen (secondary N) is 2. The van der Waals surface area contributed by atoms with E-state index in [4.69, 9.17) is 0 Å². The molecule has 3 aromatic heterocycles. The van der Waals surface area contributed by atoms with Gasteiger partial charge in [-0.3, -0.25) is 14.7 Å². The highest BCUT2D eigenvalue weighted by Gasteiger charge is 2.16. The van der Waals surface area contributed by atoms with E-state index < -0.39 is 0 Å². The van der Waals surface area contributed by atoms with Crippen molar-refractivity contribution in [2.24, 2.45) is 7.05 Å². The van der Waals surface area contributed by atoms with Gasteiger partial charge < -0.3 is 5.32 Å². The van der Waals surface area contributed by atoms with Gasteiger partial charge in [0.2, 0.25) is 0 Å². The highest BCUT2D eigenvalue weighted by molar-refractivity contribution is 6.04. The number of carbonyl (C=O) groups excluding carboxylic acids is 1. The van der Waals surface area contributed by atoms with Crippen LogP contribution in [0, 0.1) is 0 Å². The van der Waals surface area contributed by atoms with Gasteiger partial charge in [-0.15, -0.1) is 0 Å². The van der Waals surface area contributed by atoms with E-state index in [1.54, 1.807) is 30.5 Å². The molecule has 1 amide bonds. The molecule has 0 aliphatic rings. The summed E-state index contributed by atoms with van der Waals surface area (Å²) >= 11 is 0. The monoisotopic (exact) mass is 334 g/mol. The molecule has 124 valence electrons. The van der Waals surface area contributed by atoms with Gasteiger partial charge in [-0.05, 0) is 18.2 Å². The van der Waals surface area contributed by atoms with E-state index in [1.807, 2.05) is 12.1 Å². The zero-order chi connectivity index (χ0) is 17.4. The van der Waals surface area contributed by atoms with E-state index in [0.29, 0.717) is 16.4 Å². The third kappa shape index (κ3) is 2.53. The SMILES string of the molecule is Cn1nc(C(=O)NCc2[nH]nc3ncccc23)c2ccccc2c1=O. The Balaban J connectivity index is 1.67. The number of aromatic amines is 1. The molecule has 0 spiro atoms. The average Bonchev–Trinajstić information content (AvgIpc) is 3.06. The number of pyridine rings is 1. The Morgan fingerprint density at radius 3 is 2.76 bits per heavy atom. The third-order valence-electron chi connectivity index (χ3n) is 4.01. The number of rotatable bonds is 3. The third-order valence-corrected chi connectivity index (χ3v) is 4.01. The van der Waals surface area contributed by atoms with Crippen molar-refractivity contribution in [2.45, 2.75) is 6.54 Å². The van der Waals surface area contributed by atoms with Crippen LogP contribution < -0.4 is 10.9 Å². The Morgan fingerprint density at radius 2 is 1.92 bits per heavy atom. The van der Waals surface area contributed by atoms with Crippen LogP contribution in [0.15, 0.2) is 47.4 Å². The molecule has 0 atom stereocenters. The maximum absolute atomic E-state index is 12.6. The Kier molecular flexibility index (Phi) is 3.50. The summed E-state index contributed by atoms with van der Waals surface area (Å²) in [5.41, 5.74) is 1.32. The molecule has 4 aromatic rings. The normalized spacial score (nSPS) is 11.1. The summed E-state index contributed by atoms with van der Waals surface area (Å²) in [6.07, 6.45) is 1.66. The fraction of sp³-hybridized carbons (Fsp3) is 0.118. The molecule has 8 heteroatoms. The van der Waals surface area contributed by atoms with E-state index in [0.717, 1.165) is 11.1 Å². The summed E-state index contributed by atoms with van der Waals surface area (Å²) in [5, 5.41) is 15.7. The summed E-state index contributed by atoms with van der Waals surface area (Å²) in [6.45, 7) is 0.250. The lowest BCUT2D eigenvalue weighted by Crippen LogP contribution is -2.29. The minimum atomic E-state index is -0.363. The second-order valence-electron chi connectivity index (χ2n) is 5.58. The number of aryl methyl sites for hydroxylation is 1. The topological polar surface area (TPSA) is 106 Å². The maximum atomic E-state index is 12.6. The number of benzene rings is 1. The zero-order valence-corrected chi connectivity index (χ0v) is 13.4. The number of aromatic nitrogens is 5. The first-order valence-electron chi connectivity index (χ1n) is 7.67. The lowest BCUT2D eigenvalue weighted by Gasteiger charge is -2.08. The smallest absolute Gasteiger partial charge is 0.274 e. The standard InChI is InChI=1S/C17H14N6O2/c1-23-17(25)11-6-3-2-5-10(11)14(22-23)16(24)19-9-13-12-7-4-8-18-15(12)21-20-13/h2-8H,9H2,1H3,(H,19,24)(H,18,20,21). The molecule has 0 aliphatic heterocycles. The highest BCUT2D eigenvalue weighted by atomic mass is 16.2. The van der Waals surface area contributed by atoms with Crippen molar-refractivity contribution in [3.8, 4) is 0 Å². The lowest BCUT2D eigenvalue weighted by atomic mass is 10.1. The summed E-state index contributed by atoms with van der Waals surface area (Å²) in [4.78, 5) is 28.9. The van der Waals surface area contributed by atoms with E-state index >= 15 is 0 Å². The molecule has 0 fully saturated rings. The molecule has 3 heterocycles. The predicted octanol–water partition coefficient (Wildman–Crippen LogP) is 1.13. The fourth-order valence-corrected chi connectivity index (χ4v) is 2.76. The van der Waals surface area contributed by atoms with Crippen molar-refractivity contribution in [1.82, 2.24) is 30.3 Å². The molecule has 8 nitrogen and oxygen atoms in total. The van der Waals surface area contributed by atoms with E-state index in [-0.39, 0.29) is 23.7 Å². The molecule has 1 aromatic carbocycles. The summed E-state index contributed by atoms with van der Waals surface area (Å²) in [6, 6.07) is 10.6. The van der Waals surface area contributed by atoms with Gasteiger partial charge in [-0.2, -0.15) is 10.2 Å². The van der Waals surface area contributed by atoms with E-state index in [9.17, 15) is 9.59 Å². The molecule has 0 saturated carbocycles. The number of carbonyl (C=O) groups is 1. The van der Waals surface area contributed by atoms with Crippen molar-refractivity contribution < 1.29 is 4.79 Å². The van der Waals surface area contributed by atoms with Crippen molar-refractivity contribution in [1.29, 1.82) is 0 Å².